The number of furan rings is 1. The summed E-state index contributed by atoms with van der Waals surface area (Å²) in [5.74, 6) is 0.611. The van der Waals surface area contributed by atoms with Crippen LogP contribution in [-0.2, 0) is 11.3 Å². The fourth-order valence-electron chi connectivity index (χ4n) is 2.73. The highest BCUT2D eigenvalue weighted by Gasteiger charge is 2.20. The summed E-state index contributed by atoms with van der Waals surface area (Å²) in [6.07, 6.45) is 1.83. The largest absolute Gasteiger partial charge is 0.508 e. The number of benzene rings is 2. The molecule has 3 aromatic rings. The Hall–Kier alpha value is -3.01. The van der Waals surface area contributed by atoms with E-state index in [0.29, 0.717) is 12.3 Å². The first-order chi connectivity index (χ1) is 11.7. The number of rotatable bonds is 6. The fraction of sp³-hybridized carbons (Fsp3) is 0.150. The van der Waals surface area contributed by atoms with Gasteiger partial charge in [-0.3, -0.25) is 4.79 Å². The summed E-state index contributed by atoms with van der Waals surface area (Å²) in [4.78, 5) is 12.4. The normalized spacial score (nSPS) is 11.8. The zero-order chi connectivity index (χ0) is 16.8. The lowest BCUT2D eigenvalue weighted by Gasteiger charge is -2.18. The number of nitrogens with one attached hydrogen (secondary N) is 1. The molecule has 4 nitrogen and oxygen atoms in total. The lowest BCUT2D eigenvalue weighted by molar-refractivity contribution is -0.121. The molecule has 0 radical (unpaired) electrons. The van der Waals surface area contributed by atoms with Crippen molar-refractivity contribution in [3.05, 3.63) is 89.9 Å². The van der Waals surface area contributed by atoms with Crippen molar-refractivity contribution in [3.63, 3.8) is 0 Å². The molecule has 0 aliphatic carbocycles. The maximum Gasteiger partial charge on any atom is 0.221 e. The molecule has 24 heavy (non-hydrogen) atoms. The molecule has 0 bridgehead atoms. The Morgan fingerprint density at radius 1 is 1.00 bits per heavy atom. The predicted molar refractivity (Wildman–Crippen MR) is 91.6 cm³/mol. The molecule has 0 saturated heterocycles. The second kappa shape index (κ2) is 7.51. The average molecular weight is 321 g/mol. The third kappa shape index (κ3) is 3.84. The Labute approximate surface area is 140 Å². The standard InChI is InChI=1S/C20H19NO3/c22-19-11-5-4-10-17(19)18(15-7-2-1-3-8-15)13-20(23)21-14-16-9-6-12-24-16/h1-12,18,22H,13-14H2,(H,21,23). The van der Waals surface area contributed by atoms with Crippen molar-refractivity contribution in [1.82, 2.24) is 5.32 Å². The molecule has 1 atom stereocenters. The predicted octanol–water partition coefficient (Wildman–Crippen LogP) is 3.82. The fourth-order valence-corrected chi connectivity index (χ4v) is 2.73. The van der Waals surface area contributed by atoms with Gasteiger partial charge in [0.15, 0.2) is 0 Å². The molecule has 0 fully saturated rings. The summed E-state index contributed by atoms with van der Waals surface area (Å²) in [6.45, 7) is 0.355. The monoisotopic (exact) mass is 321 g/mol. The third-order valence-corrected chi connectivity index (χ3v) is 3.94. The minimum Gasteiger partial charge on any atom is -0.508 e. The van der Waals surface area contributed by atoms with E-state index in [1.165, 1.54) is 0 Å². The van der Waals surface area contributed by atoms with Crippen LogP contribution in [0.15, 0.2) is 77.4 Å². The van der Waals surface area contributed by atoms with Crippen LogP contribution in [0.25, 0.3) is 0 Å². The summed E-state index contributed by atoms with van der Waals surface area (Å²) in [7, 11) is 0. The zero-order valence-corrected chi connectivity index (χ0v) is 13.2. The Bertz CT molecular complexity index is 782. The van der Waals surface area contributed by atoms with Gasteiger partial charge in [-0.1, -0.05) is 48.5 Å². The van der Waals surface area contributed by atoms with E-state index in [1.54, 1.807) is 24.5 Å². The average Bonchev–Trinajstić information content (AvgIpc) is 3.13. The first-order valence-corrected chi connectivity index (χ1v) is 7.86. The van der Waals surface area contributed by atoms with Crippen molar-refractivity contribution in [2.45, 2.75) is 18.9 Å². The molecular formula is C20H19NO3. The van der Waals surface area contributed by atoms with Crippen LogP contribution in [0.2, 0.25) is 0 Å². The maximum atomic E-state index is 12.4. The van der Waals surface area contributed by atoms with E-state index < -0.39 is 0 Å². The van der Waals surface area contributed by atoms with Gasteiger partial charge >= 0.3 is 0 Å². The quantitative estimate of drug-likeness (QED) is 0.725. The van der Waals surface area contributed by atoms with E-state index in [-0.39, 0.29) is 24.0 Å². The minimum atomic E-state index is -0.205. The van der Waals surface area contributed by atoms with E-state index in [2.05, 4.69) is 5.32 Å². The molecular weight excluding hydrogens is 302 g/mol. The molecule has 1 amide bonds. The van der Waals surface area contributed by atoms with Crippen LogP contribution in [0.3, 0.4) is 0 Å². The molecule has 1 aromatic heterocycles. The molecule has 122 valence electrons. The smallest absolute Gasteiger partial charge is 0.221 e. The van der Waals surface area contributed by atoms with Crippen LogP contribution in [0.5, 0.6) is 5.75 Å². The Morgan fingerprint density at radius 2 is 1.75 bits per heavy atom. The van der Waals surface area contributed by atoms with Gasteiger partial charge in [-0.25, -0.2) is 0 Å². The Kier molecular flexibility index (Phi) is 4.96. The van der Waals surface area contributed by atoms with E-state index in [0.717, 1.165) is 11.1 Å². The van der Waals surface area contributed by atoms with Gasteiger partial charge < -0.3 is 14.8 Å². The number of phenols is 1. The van der Waals surface area contributed by atoms with Crippen LogP contribution in [0.4, 0.5) is 0 Å². The summed E-state index contributed by atoms with van der Waals surface area (Å²) in [5.41, 5.74) is 1.74. The van der Waals surface area contributed by atoms with Crippen molar-refractivity contribution in [2.24, 2.45) is 0 Å². The highest BCUT2D eigenvalue weighted by atomic mass is 16.3. The lowest BCUT2D eigenvalue weighted by atomic mass is 9.87. The van der Waals surface area contributed by atoms with E-state index in [4.69, 9.17) is 4.42 Å². The molecule has 3 rings (SSSR count). The molecule has 4 heteroatoms. The second-order valence-corrected chi connectivity index (χ2v) is 5.58. The van der Waals surface area contributed by atoms with Crippen LogP contribution in [0.1, 0.15) is 29.2 Å². The van der Waals surface area contributed by atoms with Gasteiger partial charge in [-0.05, 0) is 23.8 Å². The molecule has 1 heterocycles. The van der Waals surface area contributed by atoms with Crippen molar-refractivity contribution >= 4 is 5.91 Å². The first-order valence-electron chi connectivity index (χ1n) is 7.86. The van der Waals surface area contributed by atoms with Crippen LogP contribution >= 0.6 is 0 Å². The topological polar surface area (TPSA) is 62.5 Å². The second-order valence-electron chi connectivity index (χ2n) is 5.58. The SMILES string of the molecule is O=C(CC(c1ccccc1)c1ccccc1O)NCc1ccco1. The number of aromatic hydroxyl groups is 1. The van der Waals surface area contributed by atoms with Gasteiger partial charge in [0.25, 0.3) is 0 Å². The van der Waals surface area contributed by atoms with Gasteiger partial charge in [0.1, 0.15) is 11.5 Å². The third-order valence-electron chi connectivity index (χ3n) is 3.94. The summed E-state index contributed by atoms with van der Waals surface area (Å²) in [6, 6.07) is 20.5. The summed E-state index contributed by atoms with van der Waals surface area (Å²) >= 11 is 0. The number of carbonyl (C=O) groups excluding carboxylic acids is 1. The van der Waals surface area contributed by atoms with Crippen molar-refractivity contribution in [2.75, 3.05) is 0 Å². The number of phenolic OH excluding ortho intramolecular Hbond substituents is 1. The molecule has 0 saturated carbocycles. The summed E-state index contributed by atoms with van der Waals surface area (Å²) in [5, 5.41) is 13.0. The van der Waals surface area contributed by atoms with Gasteiger partial charge in [-0.15, -0.1) is 0 Å². The van der Waals surface area contributed by atoms with E-state index in [1.807, 2.05) is 48.5 Å². The molecule has 2 N–H and O–H groups in total. The van der Waals surface area contributed by atoms with Gasteiger partial charge in [0, 0.05) is 17.9 Å². The van der Waals surface area contributed by atoms with E-state index in [9.17, 15) is 9.90 Å². The van der Waals surface area contributed by atoms with Crippen LogP contribution < -0.4 is 5.32 Å². The van der Waals surface area contributed by atoms with Crippen LogP contribution in [0, 0.1) is 0 Å². The number of carbonyl (C=O) groups is 1. The van der Waals surface area contributed by atoms with Crippen molar-refractivity contribution < 1.29 is 14.3 Å². The number of amides is 1. The van der Waals surface area contributed by atoms with Crippen molar-refractivity contribution in [1.29, 1.82) is 0 Å². The van der Waals surface area contributed by atoms with Gasteiger partial charge in [-0.2, -0.15) is 0 Å². The first kappa shape index (κ1) is 15.9. The zero-order valence-electron chi connectivity index (χ0n) is 13.2. The van der Waals surface area contributed by atoms with Crippen molar-refractivity contribution in [3.8, 4) is 5.75 Å². The summed E-state index contributed by atoms with van der Waals surface area (Å²) < 4.78 is 5.22. The highest BCUT2D eigenvalue weighted by Crippen LogP contribution is 2.33. The Balaban J connectivity index is 1.78. The van der Waals surface area contributed by atoms with E-state index >= 15 is 0 Å². The maximum absolute atomic E-state index is 12.4. The van der Waals surface area contributed by atoms with Gasteiger partial charge in [0.2, 0.25) is 5.91 Å². The van der Waals surface area contributed by atoms with Crippen LogP contribution in [-0.4, -0.2) is 11.0 Å². The number of hydrogen-bond donors (Lipinski definition) is 2. The Morgan fingerprint density at radius 3 is 2.46 bits per heavy atom. The lowest BCUT2D eigenvalue weighted by Crippen LogP contribution is -2.24. The number of para-hydroxylation sites is 1. The number of hydrogen-bond acceptors (Lipinski definition) is 3. The molecule has 0 spiro atoms. The van der Waals surface area contributed by atoms with Gasteiger partial charge in [0.05, 0.1) is 12.8 Å². The molecule has 0 aliphatic heterocycles. The highest BCUT2D eigenvalue weighted by molar-refractivity contribution is 5.77. The molecule has 2 aromatic carbocycles. The molecule has 1 unspecified atom stereocenters. The molecule has 0 aliphatic rings. The minimum absolute atomic E-state index is 0.0940.